The second-order valence-electron chi connectivity index (χ2n) is 11.2. The normalized spacial score (nSPS) is 34.2. The molecule has 1 amide bonds. The third-order valence-electron chi connectivity index (χ3n) is 8.27. The number of carbonyl (C=O) groups is 1. The second-order valence-corrected chi connectivity index (χ2v) is 11.2. The van der Waals surface area contributed by atoms with Gasteiger partial charge < -0.3 is 64.7 Å². The van der Waals surface area contributed by atoms with Crippen molar-refractivity contribution in [1.29, 1.82) is 0 Å². The van der Waals surface area contributed by atoms with Gasteiger partial charge in [-0.1, -0.05) is 18.2 Å². The zero-order chi connectivity index (χ0) is 31.1. The van der Waals surface area contributed by atoms with Crippen molar-refractivity contribution in [3.05, 3.63) is 53.1 Å². The molecule has 14 nitrogen and oxygen atoms in total. The number of phenols is 2. The number of hydrogen-bond acceptors (Lipinski definition) is 13. The van der Waals surface area contributed by atoms with Crippen molar-refractivity contribution >= 4 is 5.91 Å². The number of nitrogens with zero attached hydrogens (tertiary/aromatic N) is 1. The summed E-state index contributed by atoms with van der Waals surface area (Å²) in [5.41, 5.74) is 0.116. The fraction of sp³-hybridized carbons (Fsp3) is 0.552. The maximum absolute atomic E-state index is 12.7. The Balaban J connectivity index is 1.40. The molecule has 8 N–H and O–H groups in total. The molecule has 3 aliphatic rings. The molecule has 0 aliphatic carbocycles. The Kier molecular flexibility index (Phi) is 9.13. The van der Waals surface area contributed by atoms with Gasteiger partial charge in [0.05, 0.1) is 25.9 Å². The van der Waals surface area contributed by atoms with Crippen LogP contribution in [0.2, 0.25) is 0 Å². The number of aromatic hydroxyl groups is 2. The summed E-state index contributed by atoms with van der Waals surface area (Å²) in [7, 11) is 0. The molecule has 3 aliphatic heterocycles. The Hall–Kier alpha value is -3.05. The highest BCUT2D eigenvalue weighted by Gasteiger charge is 2.50. The number of amides is 1. The Labute approximate surface area is 246 Å². The minimum Gasteiger partial charge on any atom is -0.508 e. The molecule has 0 bridgehead atoms. The first kappa shape index (κ1) is 31.4. The largest absolute Gasteiger partial charge is 0.508 e. The Bertz CT molecular complexity index is 1290. The number of rotatable bonds is 8. The molecule has 0 aromatic heterocycles. The first-order valence-electron chi connectivity index (χ1n) is 13.9. The van der Waals surface area contributed by atoms with Crippen LogP contribution in [0.5, 0.6) is 17.2 Å². The van der Waals surface area contributed by atoms with E-state index in [1.165, 1.54) is 25.1 Å². The predicted octanol–water partition coefficient (Wildman–Crippen LogP) is -1.57. The van der Waals surface area contributed by atoms with E-state index in [0.29, 0.717) is 24.9 Å². The molecule has 0 radical (unpaired) electrons. The van der Waals surface area contributed by atoms with Crippen molar-refractivity contribution in [3.63, 3.8) is 0 Å². The Morgan fingerprint density at radius 3 is 2.40 bits per heavy atom. The van der Waals surface area contributed by atoms with Gasteiger partial charge >= 0.3 is 0 Å². The predicted molar refractivity (Wildman–Crippen MR) is 145 cm³/mol. The van der Waals surface area contributed by atoms with E-state index in [1.807, 2.05) is 0 Å². The molecule has 0 unspecified atom stereocenters. The third-order valence-corrected chi connectivity index (χ3v) is 8.27. The number of phenolic OH excluding ortho intramolecular Hbond substituents is 2. The van der Waals surface area contributed by atoms with Crippen molar-refractivity contribution in [3.8, 4) is 17.2 Å². The maximum atomic E-state index is 12.7. The van der Waals surface area contributed by atoms with Gasteiger partial charge in [-0.05, 0) is 42.2 Å². The topological polar surface area (TPSA) is 219 Å². The number of benzene rings is 2. The quantitative estimate of drug-likeness (QED) is 0.170. The van der Waals surface area contributed by atoms with E-state index in [-0.39, 0.29) is 23.2 Å². The van der Waals surface area contributed by atoms with Gasteiger partial charge in [-0.3, -0.25) is 4.79 Å². The van der Waals surface area contributed by atoms with Crippen molar-refractivity contribution in [2.45, 2.75) is 74.5 Å². The van der Waals surface area contributed by atoms with E-state index >= 15 is 0 Å². The molecular weight excluding hydrogens is 570 g/mol. The highest BCUT2D eigenvalue weighted by atomic mass is 16.7. The number of aliphatic hydroxyl groups is 6. The van der Waals surface area contributed by atoms with Crippen LogP contribution in [0.3, 0.4) is 0 Å². The lowest BCUT2D eigenvalue weighted by atomic mass is 9.87. The van der Waals surface area contributed by atoms with E-state index in [4.69, 9.17) is 18.9 Å². The molecular formula is C29H37NO13. The average molecular weight is 608 g/mol. The van der Waals surface area contributed by atoms with E-state index in [0.717, 1.165) is 11.1 Å². The fourth-order valence-corrected chi connectivity index (χ4v) is 5.73. The monoisotopic (exact) mass is 607 g/mol. The fourth-order valence-electron chi connectivity index (χ4n) is 5.73. The molecule has 3 heterocycles. The third kappa shape index (κ3) is 6.16. The van der Waals surface area contributed by atoms with Gasteiger partial charge in [0, 0.05) is 19.0 Å². The molecule has 2 aromatic carbocycles. The molecule has 2 saturated heterocycles. The summed E-state index contributed by atoms with van der Waals surface area (Å²) >= 11 is 0. The van der Waals surface area contributed by atoms with Crippen LogP contribution in [-0.2, 0) is 31.8 Å². The lowest BCUT2D eigenvalue weighted by Gasteiger charge is -2.42. The average Bonchev–Trinajstić information content (AvgIpc) is 3.28. The van der Waals surface area contributed by atoms with E-state index in [1.54, 1.807) is 23.1 Å². The van der Waals surface area contributed by atoms with Crippen molar-refractivity contribution in [2.75, 3.05) is 26.4 Å². The number of ether oxygens (including phenoxy) is 4. The minimum atomic E-state index is -1.94. The summed E-state index contributed by atoms with van der Waals surface area (Å²) < 4.78 is 22.5. The molecule has 14 heteroatoms. The summed E-state index contributed by atoms with van der Waals surface area (Å²) in [6.07, 6.45) is -10.3. The van der Waals surface area contributed by atoms with Gasteiger partial charge in [0.25, 0.3) is 0 Å². The summed E-state index contributed by atoms with van der Waals surface area (Å²) in [4.78, 5) is 14.3. The molecule has 0 spiro atoms. The molecule has 2 fully saturated rings. The summed E-state index contributed by atoms with van der Waals surface area (Å²) in [5, 5.41) is 82.4. The SMILES string of the molecule is CC(=O)N1CCc2ccc(O)c(O[C@H]3O[C@@H](CO[C@@H]4OC[C@@](O)(CO)[C@H]4O)[C@@H](O)[C@@H](O)[C@H]3O)c2[C@H]1Cc1ccc(O)cc1. The summed E-state index contributed by atoms with van der Waals surface area (Å²) in [6.45, 7) is 0.173. The smallest absolute Gasteiger partial charge is 0.229 e. The van der Waals surface area contributed by atoms with E-state index < -0.39 is 74.6 Å². The first-order chi connectivity index (χ1) is 20.4. The summed E-state index contributed by atoms with van der Waals surface area (Å²) in [5.74, 6) is -0.520. The highest BCUT2D eigenvalue weighted by molar-refractivity contribution is 5.75. The maximum Gasteiger partial charge on any atom is 0.229 e. The van der Waals surface area contributed by atoms with Crippen LogP contribution in [0.1, 0.15) is 29.7 Å². The zero-order valence-electron chi connectivity index (χ0n) is 23.4. The van der Waals surface area contributed by atoms with Crippen LogP contribution >= 0.6 is 0 Å². The molecule has 5 rings (SSSR count). The van der Waals surface area contributed by atoms with Gasteiger partial charge in [0.2, 0.25) is 12.2 Å². The summed E-state index contributed by atoms with van der Waals surface area (Å²) in [6, 6.07) is 9.01. The van der Waals surface area contributed by atoms with Crippen LogP contribution in [0, 0.1) is 0 Å². The van der Waals surface area contributed by atoms with Gasteiger partial charge in [-0.25, -0.2) is 0 Å². The van der Waals surface area contributed by atoms with Crippen LogP contribution in [-0.4, -0.2) is 127 Å². The van der Waals surface area contributed by atoms with Crippen LogP contribution in [0.4, 0.5) is 0 Å². The molecule has 2 aromatic rings. The highest BCUT2D eigenvalue weighted by Crippen LogP contribution is 2.44. The molecule has 236 valence electrons. The standard InChI is InChI=1S/C29H37NO13/c1-14(32)30-9-8-16-4-7-19(34)25(21(16)18(30)10-15-2-5-17(33)6-3-15)43-27-24(37)23(36)22(35)20(42-27)11-40-28-26(38)29(39,12-31)13-41-28/h2-7,18,20,22-24,26-28,31,33-39H,8-13H2,1H3/t18-,20+,22-,23-,24-,26+,27-,28-,29+/m1/s1. The van der Waals surface area contributed by atoms with Gasteiger partial charge in [-0.15, -0.1) is 0 Å². The van der Waals surface area contributed by atoms with E-state index in [9.17, 15) is 45.6 Å². The Morgan fingerprint density at radius 1 is 1.02 bits per heavy atom. The van der Waals surface area contributed by atoms with E-state index in [2.05, 4.69) is 0 Å². The van der Waals surface area contributed by atoms with Gasteiger partial charge in [-0.2, -0.15) is 0 Å². The number of aliphatic hydroxyl groups excluding tert-OH is 5. The van der Waals surface area contributed by atoms with Crippen LogP contribution in [0.25, 0.3) is 0 Å². The number of carbonyl (C=O) groups excluding carboxylic acids is 1. The Morgan fingerprint density at radius 2 is 1.74 bits per heavy atom. The van der Waals surface area contributed by atoms with Crippen LogP contribution < -0.4 is 4.74 Å². The number of hydrogen-bond donors (Lipinski definition) is 8. The minimum absolute atomic E-state index is 0.0814. The van der Waals surface area contributed by atoms with Gasteiger partial charge in [0.1, 0.15) is 41.9 Å². The van der Waals surface area contributed by atoms with Crippen molar-refractivity contribution < 1.29 is 64.6 Å². The van der Waals surface area contributed by atoms with Crippen molar-refractivity contribution in [1.82, 2.24) is 4.90 Å². The lowest BCUT2D eigenvalue weighted by molar-refractivity contribution is -0.289. The van der Waals surface area contributed by atoms with Crippen LogP contribution in [0.15, 0.2) is 36.4 Å². The first-order valence-corrected chi connectivity index (χ1v) is 13.9. The zero-order valence-corrected chi connectivity index (χ0v) is 23.4. The molecule has 0 saturated carbocycles. The lowest BCUT2D eigenvalue weighted by Crippen LogP contribution is -2.60. The molecule has 43 heavy (non-hydrogen) atoms. The van der Waals surface area contributed by atoms with Gasteiger partial charge in [0.15, 0.2) is 17.8 Å². The second kappa shape index (κ2) is 12.5. The van der Waals surface area contributed by atoms with Crippen molar-refractivity contribution in [2.24, 2.45) is 0 Å². The molecule has 9 atom stereocenters. The number of fused-ring (bicyclic) bond motifs is 1.